The predicted molar refractivity (Wildman–Crippen MR) is 131 cm³/mol. The van der Waals surface area contributed by atoms with E-state index in [1.165, 1.54) is 70.0 Å². The summed E-state index contributed by atoms with van der Waals surface area (Å²) in [7, 11) is 0. The molecule has 0 atom stereocenters. The van der Waals surface area contributed by atoms with E-state index in [0.29, 0.717) is 24.3 Å². The van der Waals surface area contributed by atoms with Crippen LogP contribution in [0.3, 0.4) is 0 Å². The van der Waals surface area contributed by atoms with Gasteiger partial charge in [0, 0.05) is 35.9 Å². The van der Waals surface area contributed by atoms with Crippen molar-refractivity contribution in [1.82, 2.24) is 14.5 Å². The summed E-state index contributed by atoms with van der Waals surface area (Å²) >= 11 is 3.64. The van der Waals surface area contributed by atoms with Crippen LogP contribution in [0.4, 0.5) is 0 Å². The molecule has 31 heavy (non-hydrogen) atoms. The fraction of sp³-hybridized carbons (Fsp3) is 0.692. The lowest BCUT2D eigenvalue weighted by Gasteiger charge is -2.34. The largest absolute Gasteiger partial charge is 0.340 e. The van der Waals surface area contributed by atoms with Crippen LogP contribution in [-0.2, 0) is 11.3 Å². The van der Waals surface area contributed by atoms with Crippen molar-refractivity contribution >= 4 is 32.9 Å². The van der Waals surface area contributed by atoms with E-state index in [1.54, 1.807) is 0 Å². The van der Waals surface area contributed by atoms with Gasteiger partial charge in [0.05, 0.1) is 11.0 Å². The third kappa shape index (κ3) is 5.18. The average molecular weight is 489 g/mol. The maximum atomic E-state index is 13.2. The van der Waals surface area contributed by atoms with E-state index < -0.39 is 0 Å². The number of hydrogen-bond donors (Lipinski definition) is 0. The molecule has 0 spiro atoms. The first-order valence-corrected chi connectivity index (χ1v) is 13.3. The van der Waals surface area contributed by atoms with E-state index in [1.807, 2.05) is 0 Å². The molecule has 1 amide bonds. The van der Waals surface area contributed by atoms with Crippen molar-refractivity contribution in [2.75, 3.05) is 6.54 Å². The Morgan fingerprint density at radius 1 is 1.10 bits per heavy atom. The van der Waals surface area contributed by atoms with Gasteiger partial charge in [-0.3, -0.25) is 4.79 Å². The molecule has 0 aliphatic heterocycles. The van der Waals surface area contributed by atoms with E-state index >= 15 is 0 Å². The summed E-state index contributed by atoms with van der Waals surface area (Å²) in [6.45, 7) is 6.01. The summed E-state index contributed by atoms with van der Waals surface area (Å²) < 4.78 is 3.44. The highest BCUT2D eigenvalue weighted by Crippen LogP contribution is 2.38. The molecule has 1 aromatic carbocycles. The van der Waals surface area contributed by atoms with Crippen molar-refractivity contribution in [3.63, 3.8) is 0 Å². The monoisotopic (exact) mass is 487 g/mol. The minimum atomic E-state index is 0.312. The zero-order valence-electron chi connectivity index (χ0n) is 19.3. The number of carbonyl (C=O) groups excluding carboxylic acids is 1. The van der Waals surface area contributed by atoms with Crippen LogP contribution in [-0.4, -0.2) is 32.9 Å². The second-order valence-corrected chi connectivity index (χ2v) is 10.5. The predicted octanol–water partition coefficient (Wildman–Crippen LogP) is 7.05. The summed E-state index contributed by atoms with van der Waals surface area (Å²) in [6.07, 6.45) is 13.1. The van der Waals surface area contributed by atoms with E-state index in [4.69, 9.17) is 4.98 Å². The Morgan fingerprint density at radius 3 is 2.52 bits per heavy atom. The van der Waals surface area contributed by atoms with Crippen molar-refractivity contribution < 1.29 is 4.79 Å². The smallest absolute Gasteiger partial charge is 0.224 e. The molecule has 0 radical (unpaired) electrons. The molecule has 170 valence electrons. The van der Waals surface area contributed by atoms with E-state index in [-0.39, 0.29) is 0 Å². The zero-order chi connectivity index (χ0) is 21.8. The number of carbonyl (C=O) groups is 1. The lowest BCUT2D eigenvalue weighted by atomic mass is 9.80. The number of amides is 1. The zero-order valence-corrected chi connectivity index (χ0v) is 20.9. The van der Waals surface area contributed by atoms with Gasteiger partial charge < -0.3 is 9.47 Å². The number of fused-ring (bicyclic) bond motifs is 1. The Morgan fingerprint density at radius 2 is 1.84 bits per heavy atom. The number of imidazole rings is 1. The third-order valence-electron chi connectivity index (χ3n) is 7.75. The van der Waals surface area contributed by atoms with Crippen LogP contribution in [0.2, 0.25) is 0 Å². The molecule has 1 heterocycles. The van der Waals surface area contributed by atoms with Crippen molar-refractivity contribution in [3.05, 3.63) is 28.5 Å². The second kappa shape index (κ2) is 10.5. The van der Waals surface area contributed by atoms with Gasteiger partial charge in [-0.2, -0.15) is 0 Å². The normalized spacial score (nSPS) is 22.7. The Hall–Kier alpha value is -1.36. The SMILES string of the molecule is CCN(C(=O)CCn1c2cc(Br)ccc2nc1[C@H]1CC[C@H](CC)CC1)C1CCCCC1. The van der Waals surface area contributed by atoms with Crippen LogP contribution in [0.1, 0.15) is 96.2 Å². The number of hydrogen-bond acceptors (Lipinski definition) is 2. The van der Waals surface area contributed by atoms with Gasteiger partial charge in [0.25, 0.3) is 0 Å². The summed E-state index contributed by atoms with van der Waals surface area (Å²) in [6, 6.07) is 6.81. The number of nitrogens with zero attached hydrogens (tertiary/aromatic N) is 3. The van der Waals surface area contributed by atoms with Crippen LogP contribution in [0.15, 0.2) is 22.7 Å². The molecule has 2 aliphatic rings. The Labute approximate surface area is 195 Å². The molecule has 1 aromatic heterocycles. The second-order valence-electron chi connectivity index (χ2n) is 9.60. The third-order valence-corrected chi connectivity index (χ3v) is 8.25. The number of aromatic nitrogens is 2. The standard InChI is InChI=1S/C26H38BrN3O/c1-3-19-10-12-20(13-11-19)26-28-23-15-14-21(27)18-24(23)30(26)17-16-25(31)29(4-2)22-8-6-5-7-9-22/h14-15,18-20,22H,3-13,16-17H2,1-2H3/t19-,20-. The Balaban J connectivity index is 1.54. The van der Waals surface area contributed by atoms with Gasteiger partial charge in [-0.05, 0) is 69.6 Å². The molecule has 4 rings (SSSR count). The van der Waals surface area contributed by atoms with Crippen LogP contribution in [0.5, 0.6) is 0 Å². The fourth-order valence-electron chi connectivity index (χ4n) is 5.87. The highest BCUT2D eigenvalue weighted by molar-refractivity contribution is 9.10. The number of benzene rings is 1. The molecule has 4 nitrogen and oxygen atoms in total. The van der Waals surface area contributed by atoms with Gasteiger partial charge in [0.1, 0.15) is 5.82 Å². The maximum absolute atomic E-state index is 13.2. The Kier molecular flexibility index (Phi) is 7.73. The highest BCUT2D eigenvalue weighted by atomic mass is 79.9. The molecule has 5 heteroatoms. The number of aryl methyl sites for hydroxylation is 1. The first-order valence-electron chi connectivity index (χ1n) is 12.6. The topological polar surface area (TPSA) is 38.1 Å². The molecule has 2 fully saturated rings. The molecular weight excluding hydrogens is 450 g/mol. The van der Waals surface area contributed by atoms with Gasteiger partial charge in [0.15, 0.2) is 0 Å². The first kappa shape index (κ1) is 22.8. The van der Waals surface area contributed by atoms with E-state index in [2.05, 4.69) is 57.4 Å². The Bertz CT molecular complexity index is 878. The van der Waals surface area contributed by atoms with E-state index in [9.17, 15) is 4.79 Å². The summed E-state index contributed by atoms with van der Waals surface area (Å²) in [5, 5.41) is 0. The van der Waals surface area contributed by atoms with Gasteiger partial charge in [-0.15, -0.1) is 0 Å². The first-order chi connectivity index (χ1) is 15.1. The van der Waals surface area contributed by atoms with Crippen molar-refractivity contribution in [3.8, 4) is 0 Å². The van der Waals surface area contributed by atoms with Crippen LogP contribution in [0.25, 0.3) is 11.0 Å². The number of halogens is 1. The molecule has 0 saturated heterocycles. The molecule has 0 unspecified atom stereocenters. The van der Waals surface area contributed by atoms with Crippen molar-refractivity contribution in [2.45, 2.75) is 103 Å². The van der Waals surface area contributed by atoms with Gasteiger partial charge >= 0.3 is 0 Å². The quantitative estimate of drug-likeness (QED) is 0.419. The van der Waals surface area contributed by atoms with Gasteiger partial charge in [0.2, 0.25) is 5.91 Å². The average Bonchev–Trinajstić information content (AvgIpc) is 3.16. The minimum absolute atomic E-state index is 0.312. The lowest BCUT2D eigenvalue weighted by molar-refractivity contribution is -0.134. The van der Waals surface area contributed by atoms with Crippen LogP contribution < -0.4 is 0 Å². The van der Waals surface area contributed by atoms with Crippen LogP contribution in [0, 0.1) is 5.92 Å². The highest BCUT2D eigenvalue weighted by Gasteiger charge is 2.28. The van der Waals surface area contributed by atoms with Gasteiger partial charge in [-0.25, -0.2) is 4.98 Å². The molecule has 0 N–H and O–H groups in total. The van der Waals surface area contributed by atoms with Crippen molar-refractivity contribution in [2.24, 2.45) is 5.92 Å². The summed E-state index contributed by atoms with van der Waals surface area (Å²) in [5.74, 6) is 2.91. The van der Waals surface area contributed by atoms with Gasteiger partial charge in [-0.1, -0.05) is 48.5 Å². The van der Waals surface area contributed by atoms with Crippen LogP contribution >= 0.6 is 15.9 Å². The summed E-state index contributed by atoms with van der Waals surface area (Å²) in [4.78, 5) is 20.5. The molecule has 2 saturated carbocycles. The number of rotatable bonds is 7. The van der Waals surface area contributed by atoms with E-state index in [0.717, 1.165) is 34.5 Å². The minimum Gasteiger partial charge on any atom is -0.340 e. The van der Waals surface area contributed by atoms with Crippen molar-refractivity contribution in [1.29, 1.82) is 0 Å². The lowest BCUT2D eigenvalue weighted by Crippen LogP contribution is -2.41. The summed E-state index contributed by atoms with van der Waals surface area (Å²) in [5.41, 5.74) is 2.22. The maximum Gasteiger partial charge on any atom is 0.224 e. The molecule has 2 aromatic rings. The molecular formula is C26H38BrN3O. The molecule has 0 bridgehead atoms. The molecule has 2 aliphatic carbocycles. The fourth-order valence-corrected chi connectivity index (χ4v) is 6.22.